The summed E-state index contributed by atoms with van der Waals surface area (Å²) in [5, 5.41) is 19.9. The summed E-state index contributed by atoms with van der Waals surface area (Å²) in [6.07, 6.45) is -0.456. The number of hydrogen-bond acceptors (Lipinski definition) is 12. The monoisotopic (exact) mass is 1610 g/mol. The van der Waals surface area contributed by atoms with E-state index in [1.807, 2.05) is 90.4 Å². The molecule has 6 heterocycles. The number of rotatable bonds is 15. The maximum absolute atomic E-state index is 13.3. The number of likely N-dealkylation sites (tertiary alicyclic amines) is 1. The van der Waals surface area contributed by atoms with Gasteiger partial charge in [0.1, 0.15) is 11.5 Å². The molecule has 28 heteroatoms. The number of benzene rings is 10. The second-order valence-electron chi connectivity index (χ2n) is 26.3. The molecule has 1 saturated heterocycles. The van der Waals surface area contributed by atoms with E-state index in [4.69, 9.17) is 89.5 Å². The summed E-state index contributed by atoms with van der Waals surface area (Å²) in [6.45, 7) is 6.36. The average molecular weight is 1620 g/mol. The van der Waals surface area contributed by atoms with Crippen molar-refractivity contribution in [2.45, 2.75) is 64.7 Å². The van der Waals surface area contributed by atoms with Crippen LogP contribution in [0.3, 0.4) is 0 Å². The van der Waals surface area contributed by atoms with Crippen LogP contribution in [0.15, 0.2) is 227 Å². The van der Waals surface area contributed by atoms with Gasteiger partial charge in [0.05, 0.1) is 144 Å². The fraction of sp³-hybridized carbons (Fsp3) is 0.181. The van der Waals surface area contributed by atoms with Crippen molar-refractivity contribution in [3.63, 3.8) is 0 Å². The molecule has 17 rings (SSSR count). The maximum Gasteiger partial charge on any atom is 0.433 e. The molecule has 8 aliphatic rings. The first-order chi connectivity index (χ1) is 53.1. The van der Waals surface area contributed by atoms with E-state index in [9.17, 15) is 31.1 Å². The van der Waals surface area contributed by atoms with Crippen molar-refractivity contribution in [1.29, 1.82) is 0 Å². The number of fused-ring (bicyclic) bond motifs is 6. The summed E-state index contributed by atoms with van der Waals surface area (Å²) in [6, 6.07) is 58.7. The first-order valence-corrected chi connectivity index (χ1v) is 37.4. The zero-order valence-electron chi connectivity index (χ0n) is 58.2. The van der Waals surface area contributed by atoms with Crippen LogP contribution in [0.1, 0.15) is 69.2 Å². The summed E-state index contributed by atoms with van der Waals surface area (Å²) < 4.78 is 84.8. The lowest BCUT2D eigenvalue weighted by Gasteiger charge is -2.21. The SMILES string of the molecule is C.CCN=c1cc2n(-c3ccc(C(F)(F)F)c(Cl)c3)c3ccccc3nc-2cc1Nc1ccc(C(F)(F)F)nc1.Clc1ccc(Nc2cc3nc4ccc(C5CC5)cc4n(-c4ccc(Cl)c(Cl)c4)c-3cc2=NCCCN2CCCC2)cc1Cl.O=c1cc2n(-c3ccc(Cl)cc3)c3ccccc3nc-2cc1Nc1ccn[nH]1. The van der Waals surface area contributed by atoms with Crippen molar-refractivity contribution in [2.75, 3.05) is 48.7 Å². The predicted molar refractivity (Wildman–Crippen MR) is 434 cm³/mol. The molecule has 2 fully saturated rings. The van der Waals surface area contributed by atoms with Gasteiger partial charge in [0.25, 0.3) is 0 Å². The van der Waals surface area contributed by atoms with Crippen molar-refractivity contribution in [3.8, 4) is 51.2 Å². The smallest absolute Gasteiger partial charge is 0.354 e. The van der Waals surface area contributed by atoms with Crippen molar-refractivity contribution in [1.82, 2.24) is 48.7 Å². The highest BCUT2D eigenvalue weighted by molar-refractivity contribution is 6.42. The quantitative estimate of drug-likeness (QED) is 0.0439. The van der Waals surface area contributed by atoms with Crippen molar-refractivity contribution < 1.29 is 26.3 Å². The average Bonchev–Trinajstić information content (AvgIpc) is 1.38. The number of aromatic amines is 1. The van der Waals surface area contributed by atoms with Crippen LogP contribution in [-0.2, 0) is 12.4 Å². The molecule has 111 heavy (non-hydrogen) atoms. The molecule has 0 bridgehead atoms. The van der Waals surface area contributed by atoms with Gasteiger partial charge < -0.3 is 34.6 Å². The molecule has 1 saturated carbocycles. The minimum atomic E-state index is -4.61. The number of anilines is 6. The second kappa shape index (κ2) is 32.8. The topological polar surface area (TPSA) is 176 Å². The normalized spacial score (nSPS) is 13.6. The van der Waals surface area contributed by atoms with E-state index in [0.717, 1.165) is 105 Å². The van der Waals surface area contributed by atoms with E-state index in [0.29, 0.717) is 99.6 Å². The van der Waals surface area contributed by atoms with Gasteiger partial charge in [-0.05, 0) is 228 Å². The van der Waals surface area contributed by atoms with E-state index in [2.05, 4.69) is 75.9 Å². The number of halogens is 12. The molecule has 0 radical (unpaired) electrons. The Labute approximate surface area is 662 Å². The molecular formula is C83H67Cl6F6N15O. The fourth-order valence-electron chi connectivity index (χ4n) is 13.4. The van der Waals surface area contributed by atoms with Gasteiger partial charge in [-0.25, -0.2) is 19.9 Å². The number of nitrogens with zero attached hydrogens (tertiary/aromatic N) is 11. The summed E-state index contributed by atoms with van der Waals surface area (Å²) >= 11 is 37.6. The second-order valence-corrected chi connectivity index (χ2v) is 28.8. The molecule has 9 aromatic rings. The van der Waals surface area contributed by atoms with Crippen LogP contribution in [0.2, 0.25) is 30.1 Å². The Morgan fingerprint density at radius 1 is 0.514 bits per heavy atom. The molecular weight excluding hydrogens is 1550 g/mol. The van der Waals surface area contributed by atoms with E-state index in [-0.39, 0.29) is 12.9 Å². The van der Waals surface area contributed by atoms with Crippen molar-refractivity contribution in [2.24, 2.45) is 9.98 Å². The molecule has 0 amide bonds. The minimum Gasteiger partial charge on any atom is -0.354 e. The van der Waals surface area contributed by atoms with E-state index in [1.54, 1.807) is 71.4 Å². The molecule has 0 atom stereocenters. The van der Waals surface area contributed by atoms with Crippen LogP contribution < -0.4 is 32.1 Å². The number of para-hydroxylation sites is 4. The largest absolute Gasteiger partial charge is 0.433 e. The molecule has 564 valence electrons. The standard InChI is InChI=1S/C34H31Cl4N5.C27H18ClF6N5.C21H14ClN5O.CH4/c35-25-9-7-23(17-27(25)37)40-31-19-32-34(20-30(31)39-12-3-15-42-13-1-2-14-42)43(24-8-10-26(36)28(38)18-24)33-16-22(21-4-5-21)6-11-29(33)41-32;1-2-35-20-13-24-22(12-21(20)37-15-7-10-25(36-14-15)27(32,33)34)38-19-5-3-4-6-23(19)39(24)16-8-9-17(18(28)11-16)26(29,30)31;22-13-5-7-14(8-6-13)27-18-4-2-1-3-15(18)24-16-11-17(20(28)12-19(16)27)25-21-9-10-23-26-21;/h6-11,16-21,40H,1-5,12-15H2;3-14,37H,2H2,1H3;1-12H,(H2,23,25,26);1H4. The summed E-state index contributed by atoms with van der Waals surface area (Å²) in [4.78, 5) is 43.0. The fourth-order valence-corrected chi connectivity index (χ4v) is 14.4. The maximum atomic E-state index is 13.3. The third-order valence-electron chi connectivity index (χ3n) is 18.7. The molecule has 4 aliphatic carbocycles. The molecule has 4 aliphatic heterocycles. The van der Waals surface area contributed by atoms with Crippen LogP contribution in [0.4, 0.5) is 60.6 Å². The van der Waals surface area contributed by atoms with Gasteiger partial charge in [-0.1, -0.05) is 107 Å². The first kappa shape index (κ1) is 77.2. The summed E-state index contributed by atoms with van der Waals surface area (Å²) in [5.74, 6) is 1.25. The van der Waals surface area contributed by atoms with Crippen molar-refractivity contribution >= 4 is 137 Å². The third-order valence-corrected chi connectivity index (χ3v) is 20.8. The zero-order chi connectivity index (χ0) is 76.5. The lowest BCUT2D eigenvalue weighted by Crippen LogP contribution is -2.21. The van der Waals surface area contributed by atoms with Crippen LogP contribution in [0.5, 0.6) is 0 Å². The Bertz CT molecular complexity index is 6050. The van der Waals surface area contributed by atoms with Crippen LogP contribution in [-0.4, -0.2) is 81.5 Å². The van der Waals surface area contributed by atoms with Crippen LogP contribution in [0, 0.1) is 0 Å². The number of hydrogen-bond donors (Lipinski definition) is 4. The highest BCUT2D eigenvalue weighted by Gasteiger charge is 2.35. The molecule has 2 aromatic heterocycles. The Kier molecular flexibility index (Phi) is 22.8. The Balaban J connectivity index is 0.000000141. The highest BCUT2D eigenvalue weighted by Crippen LogP contribution is 2.44. The Hall–Kier alpha value is -10.6. The molecule has 7 aromatic carbocycles. The highest BCUT2D eigenvalue weighted by atomic mass is 35.5. The first-order valence-electron chi connectivity index (χ1n) is 35.1. The van der Waals surface area contributed by atoms with Gasteiger partial charge in [0.2, 0.25) is 5.43 Å². The number of nitrogens with one attached hydrogen (secondary N) is 4. The lowest BCUT2D eigenvalue weighted by atomic mass is 10.1. The Morgan fingerprint density at radius 2 is 1.06 bits per heavy atom. The van der Waals surface area contributed by atoms with Gasteiger partial charge in [-0.2, -0.15) is 31.4 Å². The van der Waals surface area contributed by atoms with Crippen molar-refractivity contribution in [3.05, 3.63) is 280 Å². The Morgan fingerprint density at radius 3 is 1.64 bits per heavy atom. The summed E-state index contributed by atoms with van der Waals surface area (Å²) in [5.41, 5.74) is 13.4. The van der Waals surface area contributed by atoms with E-state index < -0.39 is 28.6 Å². The molecule has 0 spiro atoms. The van der Waals surface area contributed by atoms with Gasteiger partial charge in [-0.15, -0.1) is 0 Å². The number of H-pyrrole nitrogens is 1. The number of aromatic nitrogens is 9. The minimum absolute atomic E-state index is 0. The van der Waals surface area contributed by atoms with Gasteiger partial charge in [0, 0.05) is 53.0 Å². The van der Waals surface area contributed by atoms with E-state index in [1.165, 1.54) is 62.5 Å². The zero-order valence-corrected chi connectivity index (χ0v) is 62.8. The number of alkyl halides is 6. The lowest BCUT2D eigenvalue weighted by molar-refractivity contribution is -0.141. The third kappa shape index (κ3) is 17.2. The predicted octanol–water partition coefficient (Wildman–Crippen LogP) is 22.9. The molecule has 0 unspecified atom stereocenters. The van der Waals surface area contributed by atoms with Crippen LogP contribution in [0.25, 0.3) is 84.3 Å². The summed E-state index contributed by atoms with van der Waals surface area (Å²) in [7, 11) is 0. The van der Waals surface area contributed by atoms with Gasteiger partial charge >= 0.3 is 12.4 Å². The molecule has 4 N–H and O–H groups in total. The van der Waals surface area contributed by atoms with Crippen LogP contribution >= 0.6 is 69.6 Å². The number of pyridine rings is 1. The molecule has 16 nitrogen and oxygen atoms in total. The van der Waals surface area contributed by atoms with Gasteiger partial charge in [-0.3, -0.25) is 19.9 Å². The van der Waals surface area contributed by atoms with E-state index >= 15 is 0 Å². The van der Waals surface area contributed by atoms with Gasteiger partial charge in [0.15, 0.2) is 0 Å².